The van der Waals surface area contributed by atoms with Gasteiger partial charge in [0.15, 0.2) is 6.29 Å². The van der Waals surface area contributed by atoms with E-state index in [4.69, 9.17) is 4.74 Å². The quantitative estimate of drug-likeness (QED) is 0.586. The fraction of sp³-hybridized carbons (Fsp3) is 0.478. The minimum Gasteiger partial charge on any atom is -0.497 e. The minimum atomic E-state index is 0.710. The standard InChI is InChI=1S/C23H31N5O2/c1-16-22(17(2)26(4)24-16)23-20(15-29)19-14-18(30-5)6-7-21(19)28(23)13-12-27-10-8-25(3)9-11-27/h6-7,14-15H,8-13H2,1-5H3. The van der Waals surface area contributed by atoms with Gasteiger partial charge in [-0.1, -0.05) is 0 Å². The van der Waals surface area contributed by atoms with Gasteiger partial charge >= 0.3 is 0 Å². The molecule has 1 fully saturated rings. The normalized spacial score (nSPS) is 15.8. The van der Waals surface area contributed by atoms with E-state index in [0.29, 0.717) is 5.56 Å². The van der Waals surface area contributed by atoms with Crippen molar-refractivity contribution >= 4 is 17.2 Å². The lowest BCUT2D eigenvalue weighted by Gasteiger charge is -2.32. The molecule has 3 aromatic rings. The number of methoxy groups -OCH3 is 1. The Morgan fingerprint density at radius 3 is 2.43 bits per heavy atom. The average molecular weight is 410 g/mol. The number of ether oxygens (including phenoxy) is 1. The van der Waals surface area contributed by atoms with E-state index in [-0.39, 0.29) is 0 Å². The number of hydrogen-bond acceptors (Lipinski definition) is 5. The van der Waals surface area contributed by atoms with Gasteiger partial charge in [-0.05, 0) is 39.1 Å². The van der Waals surface area contributed by atoms with E-state index >= 15 is 0 Å². The first-order valence-corrected chi connectivity index (χ1v) is 10.5. The molecule has 0 bridgehead atoms. The molecule has 1 aliphatic rings. The van der Waals surface area contributed by atoms with Crippen LogP contribution >= 0.6 is 0 Å². The smallest absolute Gasteiger partial charge is 0.152 e. The summed E-state index contributed by atoms with van der Waals surface area (Å²) >= 11 is 0. The maximum absolute atomic E-state index is 12.3. The van der Waals surface area contributed by atoms with Crippen molar-refractivity contribution in [2.45, 2.75) is 20.4 Å². The molecule has 0 N–H and O–H groups in total. The second-order valence-electron chi connectivity index (χ2n) is 8.23. The van der Waals surface area contributed by atoms with Gasteiger partial charge in [-0.3, -0.25) is 14.4 Å². The zero-order chi connectivity index (χ0) is 21.4. The molecular weight excluding hydrogens is 378 g/mol. The maximum atomic E-state index is 12.3. The first kappa shape index (κ1) is 20.6. The summed E-state index contributed by atoms with van der Waals surface area (Å²) in [6.07, 6.45) is 0.981. The largest absolute Gasteiger partial charge is 0.497 e. The Morgan fingerprint density at radius 2 is 1.83 bits per heavy atom. The van der Waals surface area contributed by atoms with Gasteiger partial charge in [0.1, 0.15) is 5.75 Å². The van der Waals surface area contributed by atoms with Crippen molar-refractivity contribution in [3.05, 3.63) is 35.2 Å². The van der Waals surface area contributed by atoms with Gasteiger partial charge in [0.2, 0.25) is 0 Å². The molecule has 7 heteroatoms. The molecule has 2 aromatic heterocycles. The zero-order valence-electron chi connectivity index (χ0n) is 18.6. The van der Waals surface area contributed by atoms with Crippen LogP contribution in [-0.4, -0.2) is 77.3 Å². The molecule has 30 heavy (non-hydrogen) atoms. The van der Waals surface area contributed by atoms with Crippen molar-refractivity contribution in [1.82, 2.24) is 24.1 Å². The highest BCUT2D eigenvalue weighted by molar-refractivity contribution is 6.06. The number of aryl methyl sites for hydroxylation is 2. The molecule has 0 radical (unpaired) electrons. The predicted octanol–water partition coefficient (Wildman–Crippen LogP) is 2.73. The monoisotopic (exact) mass is 409 g/mol. The molecule has 0 atom stereocenters. The van der Waals surface area contributed by atoms with Gasteiger partial charge in [-0.15, -0.1) is 0 Å². The Bertz CT molecular complexity index is 1070. The molecule has 7 nitrogen and oxygen atoms in total. The topological polar surface area (TPSA) is 55.5 Å². The minimum absolute atomic E-state index is 0.710. The van der Waals surface area contributed by atoms with Gasteiger partial charge in [0, 0.05) is 74.0 Å². The lowest BCUT2D eigenvalue weighted by atomic mass is 10.0. The van der Waals surface area contributed by atoms with Crippen molar-refractivity contribution in [3.63, 3.8) is 0 Å². The Labute approximate surface area is 177 Å². The highest BCUT2D eigenvalue weighted by Crippen LogP contribution is 2.37. The number of rotatable bonds is 6. The third kappa shape index (κ3) is 3.52. The SMILES string of the molecule is COc1ccc2c(c1)c(C=O)c(-c1c(C)nn(C)c1C)n2CCN1CCN(C)CC1. The number of piperazine rings is 1. The summed E-state index contributed by atoms with van der Waals surface area (Å²) < 4.78 is 9.63. The van der Waals surface area contributed by atoms with Gasteiger partial charge in [-0.2, -0.15) is 5.10 Å². The van der Waals surface area contributed by atoms with Crippen molar-refractivity contribution in [2.75, 3.05) is 46.9 Å². The number of benzene rings is 1. The molecule has 0 unspecified atom stereocenters. The van der Waals surface area contributed by atoms with E-state index in [1.54, 1.807) is 7.11 Å². The van der Waals surface area contributed by atoms with Crippen LogP contribution in [-0.2, 0) is 13.6 Å². The van der Waals surface area contributed by atoms with Crippen molar-refractivity contribution in [2.24, 2.45) is 7.05 Å². The van der Waals surface area contributed by atoms with E-state index < -0.39 is 0 Å². The molecule has 1 aliphatic heterocycles. The van der Waals surface area contributed by atoms with E-state index in [0.717, 1.165) is 84.9 Å². The van der Waals surface area contributed by atoms with Crippen LogP contribution in [0, 0.1) is 13.8 Å². The van der Waals surface area contributed by atoms with Crippen LogP contribution in [0.3, 0.4) is 0 Å². The summed E-state index contributed by atoms with van der Waals surface area (Å²) in [5.74, 6) is 0.757. The molecule has 3 heterocycles. The van der Waals surface area contributed by atoms with Crippen LogP contribution in [0.4, 0.5) is 0 Å². The fourth-order valence-corrected chi connectivity index (χ4v) is 4.54. The van der Waals surface area contributed by atoms with E-state index in [1.165, 1.54) is 0 Å². The van der Waals surface area contributed by atoms with Crippen LogP contribution in [0.2, 0.25) is 0 Å². The van der Waals surface area contributed by atoms with Crippen LogP contribution < -0.4 is 4.74 Å². The second-order valence-corrected chi connectivity index (χ2v) is 8.23. The average Bonchev–Trinajstić information content (AvgIpc) is 3.18. The zero-order valence-corrected chi connectivity index (χ0v) is 18.6. The number of hydrogen-bond donors (Lipinski definition) is 0. The first-order chi connectivity index (χ1) is 14.4. The third-order valence-corrected chi connectivity index (χ3v) is 6.41. The number of fused-ring (bicyclic) bond motifs is 1. The van der Waals surface area contributed by atoms with Gasteiger partial charge in [0.25, 0.3) is 0 Å². The summed E-state index contributed by atoms with van der Waals surface area (Å²) in [6, 6.07) is 6.00. The van der Waals surface area contributed by atoms with E-state index in [2.05, 4.69) is 39.5 Å². The number of carbonyl (C=O) groups excluding carboxylic acids is 1. The molecule has 0 amide bonds. The lowest BCUT2D eigenvalue weighted by Crippen LogP contribution is -2.45. The number of likely N-dealkylation sites (N-methyl/N-ethyl adjacent to an activating group) is 1. The molecule has 160 valence electrons. The summed E-state index contributed by atoms with van der Waals surface area (Å²) in [5, 5.41) is 5.54. The molecule has 0 saturated carbocycles. The Balaban J connectivity index is 1.85. The Morgan fingerprint density at radius 1 is 1.10 bits per heavy atom. The lowest BCUT2D eigenvalue weighted by molar-refractivity contribution is 0.112. The number of aldehydes is 1. The van der Waals surface area contributed by atoms with E-state index in [9.17, 15) is 4.79 Å². The van der Waals surface area contributed by atoms with Crippen molar-refractivity contribution in [3.8, 4) is 17.0 Å². The Hall–Kier alpha value is -2.64. The third-order valence-electron chi connectivity index (χ3n) is 6.41. The van der Waals surface area contributed by atoms with Crippen LogP contribution in [0.1, 0.15) is 21.7 Å². The molecule has 0 spiro atoms. The van der Waals surface area contributed by atoms with Crippen LogP contribution in [0.15, 0.2) is 18.2 Å². The van der Waals surface area contributed by atoms with Crippen LogP contribution in [0.25, 0.3) is 22.2 Å². The van der Waals surface area contributed by atoms with Crippen LogP contribution in [0.5, 0.6) is 5.75 Å². The highest BCUT2D eigenvalue weighted by atomic mass is 16.5. The number of carbonyl (C=O) groups is 1. The van der Waals surface area contributed by atoms with Crippen molar-refractivity contribution < 1.29 is 9.53 Å². The van der Waals surface area contributed by atoms with Gasteiger partial charge < -0.3 is 14.2 Å². The number of nitrogens with zero attached hydrogens (tertiary/aromatic N) is 5. The molecular formula is C23H31N5O2. The van der Waals surface area contributed by atoms with Gasteiger partial charge in [0.05, 0.1) is 18.5 Å². The van der Waals surface area contributed by atoms with Crippen molar-refractivity contribution in [1.29, 1.82) is 0 Å². The highest BCUT2D eigenvalue weighted by Gasteiger charge is 2.24. The molecule has 1 saturated heterocycles. The molecule has 0 aliphatic carbocycles. The second kappa shape index (κ2) is 8.24. The van der Waals surface area contributed by atoms with Gasteiger partial charge in [-0.25, -0.2) is 0 Å². The number of aromatic nitrogens is 3. The predicted molar refractivity (Wildman–Crippen MR) is 119 cm³/mol. The summed E-state index contributed by atoms with van der Waals surface area (Å²) in [4.78, 5) is 17.2. The Kier molecular flexibility index (Phi) is 5.66. The summed E-state index contributed by atoms with van der Waals surface area (Å²) in [7, 11) is 5.78. The molecule has 4 rings (SSSR count). The summed E-state index contributed by atoms with van der Waals surface area (Å²) in [5.41, 5.74) is 5.78. The molecule has 1 aromatic carbocycles. The maximum Gasteiger partial charge on any atom is 0.152 e. The van der Waals surface area contributed by atoms with E-state index in [1.807, 2.05) is 30.8 Å². The first-order valence-electron chi connectivity index (χ1n) is 10.5. The fourth-order valence-electron chi connectivity index (χ4n) is 4.54. The summed E-state index contributed by atoms with van der Waals surface area (Å²) in [6.45, 7) is 10.2.